The molecule has 0 bridgehead atoms. The van der Waals surface area contributed by atoms with Gasteiger partial charge in [0.25, 0.3) is 5.91 Å². The van der Waals surface area contributed by atoms with E-state index < -0.39 is 0 Å². The Bertz CT molecular complexity index is 1110. The highest BCUT2D eigenvalue weighted by atomic mass is 32.1. The predicted octanol–water partition coefficient (Wildman–Crippen LogP) is 3.59. The number of fused-ring (bicyclic) bond motifs is 1. The lowest BCUT2D eigenvalue weighted by molar-refractivity contribution is -0.118. The molecule has 1 unspecified atom stereocenters. The average molecular weight is 428 g/mol. The summed E-state index contributed by atoms with van der Waals surface area (Å²) in [5, 5.41) is 0.703. The number of hydrogen-bond donors (Lipinski definition) is 0. The molecule has 0 spiro atoms. The molecule has 1 aliphatic heterocycles. The van der Waals surface area contributed by atoms with Crippen LogP contribution >= 0.6 is 11.5 Å². The number of hydrogen-bond acceptors (Lipinski definition) is 6. The number of imidazole rings is 1. The Balaban J connectivity index is 1.74. The van der Waals surface area contributed by atoms with Crippen molar-refractivity contribution in [2.45, 2.75) is 46.2 Å². The summed E-state index contributed by atoms with van der Waals surface area (Å²) in [7, 11) is 0. The van der Waals surface area contributed by atoms with Gasteiger partial charge in [-0.05, 0) is 49.6 Å². The van der Waals surface area contributed by atoms with E-state index in [2.05, 4.69) is 13.9 Å². The van der Waals surface area contributed by atoms with Gasteiger partial charge in [-0.1, -0.05) is 6.92 Å². The lowest BCUT2D eigenvalue weighted by Gasteiger charge is -2.35. The summed E-state index contributed by atoms with van der Waals surface area (Å²) in [6.45, 7) is 6.60. The van der Waals surface area contributed by atoms with Crippen molar-refractivity contribution in [3.05, 3.63) is 52.9 Å². The van der Waals surface area contributed by atoms with Gasteiger partial charge >= 0.3 is 0 Å². The first-order valence-electron chi connectivity index (χ1n) is 9.87. The number of benzene rings is 1. The summed E-state index contributed by atoms with van der Waals surface area (Å²) in [4.78, 5) is 36.3. The fourth-order valence-corrected chi connectivity index (χ4v) is 4.46. The van der Waals surface area contributed by atoms with Crippen molar-refractivity contribution >= 4 is 23.2 Å². The van der Waals surface area contributed by atoms with Crippen LogP contribution in [0.5, 0.6) is 0 Å². The molecule has 3 aromatic rings. The van der Waals surface area contributed by atoms with Gasteiger partial charge in [-0.2, -0.15) is 4.37 Å². The lowest BCUT2D eigenvalue weighted by atomic mass is 10.0. The normalized spacial score (nSPS) is 15.9. The maximum atomic E-state index is 13.3. The van der Waals surface area contributed by atoms with E-state index in [1.54, 1.807) is 4.90 Å². The molecule has 9 heteroatoms. The van der Waals surface area contributed by atoms with Gasteiger partial charge in [0.15, 0.2) is 10.8 Å². The Morgan fingerprint density at radius 3 is 2.57 bits per heavy atom. The minimum Gasteiger partial charge on any atom is -0.329 e. The lowest BCUT2D eigenvalue weighted by Crippen LogP contribution is -2.41. The van der Waals surface area contributed by atoms with E-state index in [1.165, 1.54) is 35.8 Å². The Morgan fingerprint density at radius 2 is 1.93 bits per heavy atom. The van der Waals surface area contributed by atoms with Gasteiger partial charge in [-0.3, -0.25) is 9.59 Å². The van der Waals surface area contributed by atoms with E-state index in [-0.39, 0.29) is 30.0 Å². The molecule has 0 N–H and O–H groups in total. The largest absolute Gasteiger partial charge is 0.329 e. The van der Waals surface area contributed by atoms with Crippen molar-refractivity contribution in [2.24, 2.45) is 0 Å². The van der Waals surface area contributed by atoms with Crippen LogP contribution in [0.2, 0.25) is 0 Å². The fraction of sp³-hybridized carbons (Fsp3) is 0.381. The van der Waals surface area contributed by atoms with E-state index in [4.69, 9.17) is 4.98 Å². The summed E-state index contributed by atoms with van der Waals surface area (Å²) in [5.74, 6) is 0.903. The zero-order valence-electron chi connectivity index (χ0n) is 17.1. The number of carbonyl (C=O) groups excluding carboxylic acids is 2. The number of halogens is 1. The third kappa shape index (κ3) is 3.65. The zero-order valence-corrected chi connectivity index (χ0v) is 17.9. The molecule has 1 atom stereocenters. The number of Topliss-reactive ketones (excluding diaryl/α,β-unsaturated/α-hetero) is 1. The van der Waals surface area contributed by atoms with Crippen LogP contribution in [-0.4, -0.2) is 42.0 Å². The Hall–Kier alpha value is -2.94. The molecule has 2 aromatic heterocycles. The minimum absolute atomic E-state index is 0.0880. The number of nitrogens with zero attached hydrogens (tertiary/aromatic N) is 5. The van der Waals surface area contributed by atoms with Crippen molar-refractivity contribution in [2.75, 3.05) is 6.54 Å². The minimum atomic E-state index is -0.381. The van der Waals surface area contributed by atoms with Crippen LogP contribution in [0.1, 0.15) is 53.9 Å². The van der Waals surface area contributed by atoms with Crippen LogP contribution in [0.4, 0.5) is 4.39 Å². The molecule has 0 saturated carbocycles. The first kappa shape index (κ1) is 20.3. The standard InChI is InChI=1S/C21H22FN5O2S/c1-4-16(28)11-17-18-12(2)26(21(29)14-5-7-15(22)8-6-14)9-10-27(18)19(24-17)20-23-13(3)25-30-20/h5-8,12H,4,9-11H2,1-3H3. The van der Waals surface area contributed by atoms with E-state index in [1.807, 2.05) is 20.8 Å². The maximum Gasteiger partial charge on any atom is 0.254 e. The van der Waals surface area contributed by atoms with Crippen molar-refractivity contribution in [1.82, 2.24) is 23.8 Å². The summed E-state index contributed by atoms with van der Waals surface area (Å²) in [6.07, 6.45) is 0.638. The van der Waals surface area contributed by atoms with E-state index in [9.17, 15) is 14.0 Å². The van der Waals surface area contributed by atoms with E-state index in [0.717, 1.165) is 5.69 Å². The third-order valence-corrected chi connectivity index (χ3v) is 6.14. The third-order valence-electron chi connectivity index (χ3n) is 5.34. The molecule has 4 rings (SSSR count). The molecule has 156 valence electrons. The van der Waals surface area contributed by atoms with Gasteiger partial charge in [-0.15, -0.1) is 0 Å². The molecule has 30 heavy (non-hydrogen) atoms. The highest BCUT2D eigenvalue weighted by Gasteiger charge is 2.34. The Kier molecular flexibility index (Phi) is 5.46. The molecular weight excluding hydrogens is 405 g/mol. The molecule has 7 nitrogen and oxygen atoms in total. The molecule has 0 radical (unpaired) electrons. The molecule has 1 amide bonds. The predicted molar refractivity (Wildman–Crippen MR) is 111 cm³/mol. The second kappa shape index (κ2) is 8.06. The second-order valence-corrected chi connectivity index (χ2v) is 8.07. The fourth-order valence-electron chi connectivity index (χ4n) is 3.79. The maximum absolute atomic E-state index is 13.3. The quantitative estimate of drug-likeness (QED) is 0.622. The summed E-state index contributed by atoms with van der Waals surface area (Å²) < 4.78 is 19.6. The molecule has 0 aliphatic carbocycles. The zero-order chi connectivity index (χ0) is 21.4. The molecular formula is C21H22FN5O2S. The van der Waals surface area contributed by atoms with Crippen molar-refractivity contribution in [1.29, 1.82) is 0 Å². The Labute approximate surface area is 177 Å². The van der Waals surface area contributed by atoms with Crippen molar-refractivity contribution in [3.63, 3.8) is 0 Å². The molecule has 1 aromatic carbocycles. The summed E-state index contributed by atoms with van der Waals surface area (Å²) >= 11 is 1.27. The van der Waals surface area contributed by atoms with Gasteiger partial charge in [-0.25, -0.2) is 14.4 Å². The van der Waals surface area contributed by atoms with Crippen LogP contribution in [-0.2, 0) is 17.8 Å². The van der Waals surface area contributed by atoms with Crippen molar-refractivity contribution < 1.29 is 14.0 Å². The van der Waals surface area contributed by atoms with E-state index >= 15 is 0 Å². The summed E-state index contributed by atoms with van der Waals surface area (Å²) in [5.41, 5.74) is 1.96. The van der Waals surface area contributed by atoms with Crippen LogP contribution in [0.3, 0.4) is 0 Å². The number of rotatable bonds is 5. The number of aromatic nitrogens is 4. The topological polar surface area (TPSA) is 81.0 Å². The monoisotopic (exact) mass is 427 g/mol. The highest BCUT2D eigenvalue weighted by Crippen LogP contribution is 2.34. The Morgan fingerprint density at radius 1 is 1.20 bits per heavy atom. The van der Waals surface area contributed by atoms with Gasteiger partial charge in [0.1, 0.15) is 17.4 Å². The van der Waals surface area contributed by atoms with Gasteiger partial charge in [0.05, 0.1) is 23.9 Å². The van der Waals surface area contributed by atoms with Gasteiger partial charge in [0.2, 0.25) is 0 Å². The highest BCUT2D eigenvalue weighted by molar-refractivity contribution is 7.09. The van der Waals surface area contributed by atoms with Crippen LogP contribution in [0.25, 0.3) is 10.8 Å². The van der Waals surface area contributed by atoms with Crippen LogP contribution in [0, 0.1) is 12.7 Å². The summed E-state index contributed by atoms with van der Waals surface area (Å²) in [6, 6.07) is 5.27. The van der Waals surface area contributed by atoms with Gasteiger partial charge in [0, 0.05) is 25.1 Å². The molecule has 1 aliphatic rings. The first-order chi connectivity index (χ1) is 14.4. The smallest absolute Gasteiger partial charge is 0.254 e. The molecule has 0 saturated heterocycles. The van der Waals surface area contributed by atoms with E-state index in [0.29, 0.717) is 47.4 Å². The number of ketones is 1. The van der Waals surface area contributed by atoms with Crippen LogP contribution < -0.4 is 0 Å². The number of aryl methyl sites for hydroxylation is 1. The second-order valence-electron chi connectivity index (χ2n) is 7.32. The molecule has 0 fully saturated rings. The van der Waals surface area contributed by atoms with Gasteiger partial charge < -0.3 is 9.47 Å². The first-order valence-corrected chi connectivity index (χ1v) is 10.6. The molecule has 3 heterocycles. The average Bonchev–Trinajstić information content (AvgIpc) is 3.32. The number of amides is 1. The number of carbonyl (C=O) groups is 2. The van der Waals surface area contributed by atoms with Crippen LogP contribution in [0.15, 0.2) is 24.3 Å². The SMILES string of the molecule is CCC(=O)Cc1nc(-c2nc(C)ns2)n2c1C(C)N(C(=O)c1ccc(F)cc1)CC2. The van der Waals surface area contributed by atoms with Crippen molar-refractivity contribution in [3.8, 4) is 10.8 Å².